The van der Waals surface area contributed by atoms with Crippen LogP contribution in [0, 0.1) is 0 Å². The average Bonchev–Trinajstić information content (AvgIpc) is 2.51. The lowest BCUT2D eigenvalue weighted by molar-refractivity contribution is -0.140. The van der Waals surface area contributed by atoms with E-state index in [0.717, 1.165) is 25.1 Å². The van der Waals surface area contributed by atoms with Gasteiger partial charge in [0.15, 0.2) is 11.5 Å². The molecule has 0 aromatic heterocycles. The van der Waals surface area contributed by atoms with Gasteiger partial charge in [-0.3, -0.25) is 4.79 Å². The van der Waals surface area contributed by atoms with Gasteiger partial charge in [0.2, 0.25) is 0 Å². The van der Waals surface area contributed by atoms with Crippen LogP contribution in [0.2, 0.25) is 0 Å². The molecule has 0 aliphatic rings. The summed E-state index contributed by atoms with van der Waals surface area (Å²) in [6.07, 6.45) is 2.08. The third-order valence-electron chi connectivity index (χ3n) is 2.99. The highest BCUT2D eigenvalue weighted by Crippen LogP contribution is 2.28. The summed E-state index contributed by atoms with van der Waals surface area (Å²) in [5, 5.41) is 3.35. The minimum absolute atomic E-state index is 0.219. The predicted molar refractivity (Wildman–Crippen MR) is 81.7 cm³/mol. The van der Waals surface area contributed by atoms with Crippen LogP contribution in [0.15, 0.2) is 18.2 Å². The highest BCUT2D eigenvalue weighted by molar-refractivity contribution is 5.69. The van der Waals surface area contributed by atoms with Gasteiger partial charge in [-0.1, -0.05) is 13.0 Å². The first kappa shape index (κ1) is 17.3. The minimum Gasteiger partial charge on any atom is -0.493 e. The Balaban J connectivity index is 2.52. The Morgan fingerprint density at radius 1 is 1.24 bits per heavy atom. The molecule has 118 valence electrons. The smallest absolute Gasteiger partial charge is 0.305 e. The Bertz CT molecular complexity index is 434. The normalized spacial score (nSPS) is 10.2. The minimum atomic E-state index is -0.219. The molecule has 1 aromatic carbocycles. The highest BCUT2D eigenvalue weighted by Gasteiger charge is 2.07. The number of hydrogen-bond donors (Lipinski definition) is 1. The molecule has 0 bridgehead atoms. The Hall–Kier alpha value is -1.75. The second-order valence-electron chi connectivity index (χ2n) is 4.69. The number of benzene rings is 1. The van der Waals surface area contributed by atoms with Gasteiger partial charge in [0, 0.05) is 13.0 Å². The maximum atomic E-state index is 11.0. The van der Waals surface area contributed by atoms with Crippen LogP contribution in [-0.2, 0) is 16.1 Å². The second-order valence-corrected chi connectivity index (χ2v) is 4.69. The van der Waals surface area contributed by atoms with Crippen LogP contribution < -0.4 is 14.8 Å². The first-order valence-electron chi connectivity index (χ1n) is 7.28. The number of methoxy groups -OCH3 is 2. The number of rotatable bonds is 10. The third-order valence-corrected chi connectivity index (χ3v) is 2.99. The van der Waals surface area contributed by atoms with Gasteiger partial charge in [-0.05, 0) is 37.1 Å². The third kappa shape index (κ3) is 6.49. The molecular weight excluding hydrogens is 270 g/mol. The molecule has 0 fully saturated rings. The van der Waals surface area contributed by atoms with Gasteiger partial charge in [-0.25, -0.2) is 0 Å². The SMILES string of the molecule is CCCNCc1ccc(OC)c(OCCCC(=O)OC)c1. The van der Waals surface area contributed by atoms with E-state index >= 15 is 0 Å². The average molecular weight is 295 g/mol. The van der Waals surface area contributed by atoms with Crippen molar-refractivity contribution in [1.29, 1.82) is 0 Å². The van der Waals surface area contributed by atoms with Crippen LogP contribution in [0.25, 0.3) is 0 Å². The summed E-state index contributed by atoms with van der Waals surface area (Å²) in [6.45, 7) is 4.38. The molecule has 0 amide bonds. The van der Waals surface area contributed by atoms with Gasteiger partial charge in [0.05, 0.1) is 20.8 Å². The van der Waals surface area contributed by atoms with Crippen molar-refractivity contribution in [3.8, 4) is 11.5 Å². The van der Waals surface area contributed by atoms with Crippen molar-refractivity contribution < 1.29 is 19.0 Å². The van der Waals surface area contributed by atoms with E-state index in [0.29, 0.717) is 30.9 Å². The van der Waals surface area contributed by atoms with E-state index in [-0.39, 0.29) is 5.97 Å². The lowest BCUT2D eigenvalue weighted by Gasteiger charge is -2.12. The number of hydrogen-bond acceptors (Lipinski definition) is 5. The quantitative estimate of drug-likeness (QED) is 0.531. The summed E-state index contributed by atoms with van der Waals surface area (Å²) in [6, 6.07) is 5.89. The molecule has 0 aliphatic heterocycles. The lowest BCUT2D eigenvalue weighted by Crippen LogP contribution is -2.14. The van der Waals surface area contributed by atoms with Crippen LogP contribution in [0.4, 0.5) is 0 Å². The van der Waals surface area contributed by atoms with E-state index in [2.05, 4.69) is 17.0 Å². The molecule has 1 rings (SSSR count). The maximum absolute atomic E-state index is 11.0. The number of carbonyl (C=O) groups is 1. The topological polar surface area (TPSA) is 56.8 Å². The molecule has 0 aliphatic carbocycles. The summed E-state index contributed by atoms with van der Waals surface area (Å²) < 4.78 is 15.6. The van der Waals surface area contributed by atoms with Crippen molar-refractivity contribution in [2.24, 2.45) is 0 Å². The van der Waals surface area contributed by atoms with E-state index in [9.17, 15) is 4.79 Å². The van der Waals surface area contributed by atoms with Crippen molar-refractivity contribution in [2.75, 3.05) is 27.4 Å². The Morgan fingerprint density at radius 3 is 2.71 bits per heavy atom. The zero-order valence-corrected chi connectivity index (χ0v) is 13.1. The second kappa shape index (κ2) is 10.0. The molecule has 0 saturated heterocycles. The zero-order chi connectivity index (χ0) is 15.5. The number of esters is 1. The van der Waals surface area contributed by atoms with E-state index in [1.807, 2.05) is 18.2 Å². The summed E-state index contributed by atoms with van der Waals surface area (Å²) in [5.74, 6) is 1.19. The Kier molecular flexibility index (Phi) is 8.28. The van der Waals surface area contributed by atoms with Crippen LogP contribution in [0.5, 0.6) is 11.5 Å². The Morgan fingerprint density at radius 2 is 2.05 bits per heavy atom. The van der Waals surface area contributed by atoms with Gasteiger partial charge in [-0.2, -0.15) is 0 Å². The van der Waals surface area contributed by atoms with Gasteiger partial charge < -0.3 is 19.5 Å². The fourth-order valence-corrected chi connectivity index (χ4v) is 1.85. The predicted octanol–water partition coefficient (Wildman–Crippen LogP) is 2.53. The summed E-state index contributed by atoms with van der Waals surface area (Å²) >= 11 is 0. The summed E-state index contributed by atoms with van der Waals surface area (Å²) in [4.78, 5) is 11.0. The number of carbonyl (C=O) groups excluding carboxylic acids is 1. The molecule has 5 heteroatoms. The van der Waals surface area contributed by atoms with Gasteiger partial charge >= 0.3 is 5.97 Å². The van der Waals surface area contributed by atoms with Gasteiger partial charge in [0.1, 0.15) is 0 Å². The fraction of sp³-hybridized carbons (Fsp3) is 0.562. The van der Waals surface area contributed by atoms with Gasteiger partial charge in [-0.15, -0.1) is 0 Å². The van der Waals surface area contributed by atoms with Crippen LogP contribution >= 0.6 is 0 Å². The van der Waals surface area contributed by atoms with E-state index in [1.165, 1.54) is 7.11 Å². The van der Waals surface area contributed by atoms with Crippen molar-refractivity contribution in [3.05, 3.63) is 23.8 Å². The van der Waals surface area contributed by atoms with E-state index < -0.39 is 0 Å². The fourth-order valence-electron chi connectivity index (χ4n) is 1.85. The van der Waals surface area contributed by atoms with Crippen molar-refractivity contribution >= 4 is 5.97 Å². The van der Waals surface area contributed by atoms with E-state index in [1.54, 1.807) is 7.11 Å². The van der Waals surface area contributed by atoms with Crippen molar-refractivity contribution in [3.63, 3.8) is 0 Å². The molecule has 0 heterocycles. The number of nitrogens with one attached hydrogen (secondary N) is 1. The first-order valence-corrected chi connectivity index (χ1v) is 7.28. The molecule has 21 heavy (non-hydrogen) atoms. The first-order chi connectivity index (χ1) is 10.2. The molecule has 5 nitrogen and oxygen atoms in total. The van der Waals surface area contributed by atoms with Gasteiger partial charge in [0.25, 0.3) is 0 Å². The highest BCUT2D eigenvalue weighted by atomic mass is 16.5. The molecule has 0 saturated carbocycles. The summed E-state index contributed by atoms with van der Waals surface area (Å²) in [5.41, 5.74) is 1.15. The maximum Gasteiger partial charge on any atom is 0.305 e. The largest absolute Gasteiger partial charge is 0.493 e. The molecule has 1 aromatic rings. The molecule has 0 radical (unpaired) electrons. The molecule has 0 unspecified atom stereocenters. The van der Waals surface area contributed by atoms with Crippen molar-refractivity contribution in [1.82, 2.24) is 5.32 Å². The molecule has 0 atom stereocenters. The van der Waals surface area contributed by atoms with Crippen LogP contribution in [-0.4, -0.2) is 33.3 Å². The van der Waals surface area contributed by atoms with Crippen LogP contribution in [0.1, 0.15) is 31.7 Å². The zero-order valence-electron chi connectivity index (χ0n) is 13.1. The molecule has 1 N–H and O–H groups in total. The lowest BCUT2D eigenvalue weighted by atomic mass is 10.2. The Labute approximate surface area is 126 Å². The van der Waals surface area contributed by atoms with Crippen molar-refractivity contribution in [2.45, 2.75) is 32.7 Å². The molecule has 0 spiro atoms. The molecular formula is C16H25NO4. The monoisotopic (exact) mass is 295 g/mol. The number of ether oxygens (including phenoxy) is 3. The van der Waals surface area contributed by atoms with Crippen LogP contribution in [0.3, 0.4) is 0 Å². The standard InChI is InChI=1S/C16H25NO4/c1-4-9-17-12-13-7-8-14(19-2)15(11-13)21-10-5-6-16(18)20-3/h7-8,11,17H,4-6,9-10,12H2,1-3H3. The summed E-state index contributed by atoms with van der Waals surface area (Å²) in [7, 11) is 3.00. The van der Waals surface area contributed by atoms with E-state index in [4.69, 9.17) is 9.47 Å².